The van der Waals surface area contributed by atoms with Gasteiger partial charge in [0.25, 0.3) is 0 Å². The Bertz CT molecular complexity index is 774. The summed E-state index contributed by atoms with van der Waals surface area (Å²) in [6, 6.07) is 9.26. The lowest BCUT2D eigenvalue weighted by molar-refractivity contribution is 0.0860. The van der Waals surface area contributed by atoms with Crippen LogP contribution in [0.5, 0.6) is 0 Å². The lowest BCUT2D eigenvalue weighted by atomic mass is 9.96. The van der Waals surface area contributed by atoms with Crippen LogP contribution in [-0.2, 0) is 7.05 Å². The van der Waals surface area contributed by atoms with Gasteiger partial charge in [0, 0.05) is 61.3 Å². The second kappa shape index (κ2) is 6.21. The topological polar surface area (TPSA) is 37.3 Å². The standard InChI is InChI=1S/C19H25N3OS/c1-12-8-22(9-13(2)20-12)10-14-11-24-19-17(18(14)23)15-6-4-5-7-16(15)21(19)3/h4-7,12-14,20H,8-11H2,1-3H3. The zero-order chi connectivity index (χ0) is 16.8. The summed E-state index contributed by atoms with van der Waals surface area (Å²) in [6.45, 7) is 7.39. The molecule has 1 saturated heterocycles. The van der Waals surface area contributed by atoms with E-state index in [0.717, 1.165) is 46.9 Å². The number of aryl methyl sites for hydroxylation is 1. The van der Waals surface area contributed by atoms with Crippen molar-refractivity contribution in [2.24, 2.45) is 13.0 Å². The second-order valence-electron chi connectivity index (χ2n) is 7.32. The molecule has 2 aliphatic heterocycles. The third kappa shape index (κ3) is 2.68. The fourth-order valence-electron chi connectivity index (χ4n) is 4.27. The lowest BCUT2D eigenvalue weighted by Gasteiger charge is -2.38. The number of fused-ring (bicyclic) bond motifs is 3. The van der Waals surface area contributed by atoms with Crippen molar-refractivity contribution in [3.8, 4) is 0 Å². The number of piperazine rings is 1. The number of para-hydroxylation sites is 1. The van der Waals surface area contributed by atoms with Crippen LogP contribution in [-0.4, -0.2) is 52.7 Å². The molecule has 4 rings (SSSR count). The molecule has 128 valence electrons. The van der Waals surface area contributed by atoms with Crippen LogP contribution in [0.1, 0.15) is 24.2 Å². The number of rotatable bonds is 2. The van der Waals surface area contributed by atoms with Gasteiger partial charge in [0.2, 0.25) is 0 Å². The number of hydrogen-bond donors (Lipinski definition) is 1. The molecular formula is C19H25N3OS. The normalized spacial score (nSPS) is 28.3. The van der Waals surface area contributed by atoms with Crippen molar-refractivity contribution in [3.63, 3.8) is 0 Å². The first-order valence-corrected chi connectivity index (χ1v) is 9.76. The quantitative estimate of drug-likeness (QED) is 0.910. The van der Waals surface area contributed by atoms with Gasteiger partial charge in [-0.05, 0) is 19.9 Å². The van der Waals surface area contributed by atoms with E-state index in [1.807, 2.05) is 23.9 Å². The maximum Gasteiger partial charge on any atom is 0.171 e. The number of hydrogen-bond acceptors (Lipinski definition) is 4. The van der Waals surface area contributed by atoms with E-state index in [1.165, 1.54) is 0 Å². The minimum absolute atomic E-state index is 0.103. The highest BCUT2D eigenvalue weighted by atomic mass is 32.2. The number of benzene rings is 1. The number of nitrogens with zero attached hydrogens (tertiary/aromatic N) is 2. The van der Waals surface area contributed by atoms with Crippen LogP contribution >= 0.6 is 11.8 Å². The van der Waals surface area contributed by atoms with Crippen LogP contribution in [0.3, 0.4) is 0 Å². The molecule has 0 spiro atoms. The average molecular weight is 343 g/mol. The van der Waals surface area contributed by atoms with Gasteiger partial charge in [0.05, 0.1) is 10.6 Å². The van der Waals surface area contributed by atoms with Gasteiger partial charge >= 0.3 is 0 Å². The van der Waals surface area contributed by atoms with Crippen molar-refractivity contribution in [2.75, 3.05) is 25.4 Å². The van der Waals surface area contributed by atoms with E-state index < -0.39 is 0 Å². The highest BCUT2D eigenvalue weighted by Crippen LogP contribution is 2.39. The van der Waals surface area contributed by atoms with E-state index in [0.29, 0.717) is 17.9 Å². The number of ketones is 1. The molecule has 0 aliphatic carbocycles. The average Bonchev–Trinajstić information content (AvgIpc) is 2.83. The molecule has 0 radical (unpaired) electrons. The molecule has 5 heteroatoms. The first-order valence-electron chi connectivity index (χ1n) is 8.77. The van der Waals surface area contributed by atoms with Crippen LogP contribution in [0.15, 0.2) is 29.3 Å². The molecular weight excluding hydrogens is 318 g/mol. The predicted molar refractivity (Wildman–Crippen MR) is 100.0 cm³/mol. The minimum atomic E-state index is 0.103. The first kappa shape index (κ1) is 16.2. The van der Waals surface area contributed by atoms with Crippen molar-refractivity contribution in [1.82, 2.24) is 14.8 Å². The summed E-state index contributed by atoms with van der Waals surface area (Å²) < 4.78 is 2.18. The number of carbonyl (C=O) groups excluding carboxylic acids is 1. The Morgan fingerprint density at radius 3 is 2.67 bits per heavy atom. The molecule has 3 unspecified atom stereocenters. The summed E-state index contributed by atoms with van der Waals surface area (Å²) in [4.78, 5) is 15.7. The van der Waals surface area contributed by atoms with Crippen LogP contribution in [0, 0.1) is 5.92 Å². The van der Waals surface area contributed by atoms with E-state index in [2.05, 4.69) is 47.8 Å². The van der Waals surface area contributed by atoms with Gasteiger partial charge in [-0.3, -0.25) is 9.69 Å². The number of carbonyl (C=O) groups is 1. The summed E-state index contributed by atoms with van der Waals surface area (Å²) in [7, 11) is 2.07. The first-order chi connectivity index (χ1) is 11.5. The molecule has 4 nitrogen and oxygen atoms in total. The van der Waals surface area contributed by atoms with Crippen molar-refractivity contribution < 1.29 is 4.79 Å². The van der Waals surface area contributed by atoms with Crippen LogP contribution in [0.2, 0.25) is 0 Å². The molecule has 1 N–H and O–H groups in total. The van der Waals surface area contributed by atoms with Gasteiger partial charge in [0.1, 0.15) is 0 Å². The molecule has 1 fully saturated rings. The molecule has 0 amide bonds. The van der Waals surface area contributed by atoms with Gasteiger partial charge in [0.15, 0.2) is 5.78 Å². The van der Waals surface area contributed by atoms with Crippen molar-refractivity contribution >= 4 is 28.4 Å². The molecule has 24 heavy (non-hydrogen) atoms. The Morgan fingerprint density at radius 1 is 1.21 bits per heavy atom. The highest BCUT2D eigenvalue weighted by Gasteiger charge is 2.34. The predicted octanol–water partition coefficient (Wildman–Crippen LogP) is 2.77. The van der Waals surface area contributed by atoms with E-state index in [4.69, 9.17) is 0 Å². The lowest BCUT2D eigenvalue weighted by Crippen LogP contribution is -2.55. The zero-order valence-electron chi connectivity index (χ0n) is 14.6. The smallest absolute Gasteiger partial charge is 0.171 e. The van der Waals surface area contributed by atoms with E-state index in [-0.39, 0.29) is 5.92 Å². The summed E-state index contributed by atoms with van der Waals surface area (Å²) in [6.07, 6.45) is 0. The van der Waals surface area contributed by atoms with E-state index >= 15 is 0 Å². The maximum absolute atomic E-state index is 13.2. The van der Waals surface area contributed by atoms with Crippen LogP contribution < -0.4 is 5.32 Å². The number of Topliss-reactive ketones (excluding diaryl/α,β-unsaturated/α-hetero) is 1. The van der Waals surface area contributed by atoms with Gasteiger partial charge in [-0.15, -0.1) is 11.8 Å². The molecule has 2 aliphatic rings. The Hall–Kier alpha value is -1.30. The van der Waals surface area contributed by atoms with E-state index in [9.17, 15) is 4.79 Å². The molecule has 2 aromatic rings. The summed E-state index contributed by atoms with van der Waals surface area (Å²) in [5.74, 6) is 1.33. The third-order valence-electron chi connectivity index (χ3n) is 5.20. The Labute approximate surface area is 147 Å². The largest absolute Gasteiger partial charge is 0.338 e. The molecule has 0 bridgehead atoms. The molecule has 0 saturated carbocycles. The Balaban J connectivity index is 1.61. The molecule has 3 atom stereocenters. The summed E-state index contributed by atoms with van der Waals surface area (Å²) in [5.41, 5.74) is 2.11. The summed E-state index contributed by atoms with van der Waals surface area (Å²) >= 11 is 1.84. The van der Waals surface area contributed by atoms with Gasteiger partial charge in [-0.1, -0.05) is 18.2 Å². The zero-order valence-corrected chi connectivity index (χ0v) is 15.4. The third-order valence-corrected chi connectivity index (χ3v) is 6.52. The highest BCUT2D eigenvalue weighted by molar-refractivity contribution is 7.99. The summed E-state index contributed by atoms with van der Waals surface area (Å²) in [5, 5.41) is 5.81. The van der Waals surface area contributed by atoms with Crippen molar-refractivity contribution in [3.05, 3.63) is 29.8 Å². The number of nitrogens with one attached hydrogen (secondary N) is 1. The second-order valence-corrected chi connectivity index (χ2v) is 8.32. The molecule has 3 heterocycles. The minimum Gasteiger partial charge on any atom is -0.338 e. The fourth-order valence-corrected chi connectivity index (χ4v) is 5.54. The Kier molecular flexibility index (Phi) is 4.19. The van der Waals surface area contributed by atoms with Gasteiger partial charge < -0.3 is 9.88 Å². The van der Waals surface area contributed by atoms with Gasteiger partial charge in [-0.2, -0.15) is 0 Å². The molecule has 1 aromatic carbocycles. The van der Waals surface area contributed by atoms with Crippen LogP contribution in [0.4, 0.5) is 0 Å². The molecule has 1 aromatic heterocycles. The number of thioether (sulfide) groups is 1. The maximum atomic E-state index is 13.2. The Morgan fingerprint density at radius 2 is 1.92 bits per heavy atom. The van der Waals surface area contributed by atoms with Gasteiger partial charge in [-0.25, -0.2) is 0 Å². The van der Waals surface area contributed by atoms with Crippen molar-refractivity contribution in [2.45, 2.75) is 31.0 Å². The number of aromatic nitrogens is 1. The van der Waals surface area contributed by atoms with Crippen molar-refractivity contribution in [1.29, 1.82) is 0 Å². The fraction of sp³-hybridized carbons (Fsp3) is 0.526. The van der Waals surface area contributed by atoms with E-state index in [1.54, 1.807) is 0 Å². The monoisotopic (exact) mass is 343 g/mol. The SMILES string of the molecule is CC1CN(CC2CSc3c(c4ccccc4n3C)C2=O)CC(C)N1. The van der Waals surface area contributed by atoms with Crippen LogP contribution in [0.25, 0.3) is 10.9 Å².